The zero-order chi connectivity index (χ0) is 23.5. The molecule has 1 aliphatic heterocycles. The molecule has 1 fully saturated rings. The molecule has 1 saturated heterocycles. The van der Waals surface area contributed by atoms with Crippen molar-refractivity contribution in [2.24, 2.45) is 5.92 Å². The number of rotatable bonds is 6. The van der Waals surface area contributed by atoms with Gasteiger partial charge < -0.3 is 15.0 Å². The summed E-state index contributed by atoms with van der Waals surface area (Å²) in [6.07, 6.45) is 1.64. The summed E-state index contributed by atoms with van der Waals surface area (Å²) in [7, 11) is 1.61. The van der Waals surface area contributed by atoms with Crippen LogP contribution in [-0.2, 0) is 11.3 Å². The molecule has 174 valence electrons. The van der Waals surface area contributed by atoms with Gasteiger partial charge in [-0.1, -0.05) is 30.3 Å². The minimum absolute atomic E-state index is 0.0246. The first-order chi connectivity index (χ1) is 16.6. The number of methoxy groups -OCH3 is 1. The lowest BCUT2D eigenvalue weighted by Gasteiger charge is -2.34. The Morgan fingerprint density at radius 1 is 1.15 bits per heavy atom. The molecule has 2 aromatic carbocycles. The van der Waals surface area contributed by atoms with Crippen molar-refractivity contribution in [3.05, 3.63) is 82.0 Å². The molecule has 0 radical (unpaired) electrons. The van der Waals surface area contributed by atoms with Gasteiger partial charge in [0.2, 0.25) is 11.9 Å². The van der Waals surface area contributed by atoms with E-state index in [4.69, 9.17) is 9.72 Å². The van der Waals surface area contributed by atoms with Crippen LogP contribution in [0.5, 0.6) is 5.75 Å². The highest BCUT2D eigenvalue weighted by Gasteiger charge is 2.29. The highest BCUT2D eigenvalue weighted by atomic mass is 32.1. The predicted molar refractivity (Wildman–Crippen MR) is 136 cm³/mol. The van der Waals surface area contributed by atoms with E-state index in [1.807, 2.05) is 66.0 Å². The number of thiophene rings is 1. The largest absolute Gasteiger partial charge is 0.497 e. The molecule has 3 heterocycles. The molecule has 1 unspecified atom stereocenters. The normalized spacial score (nSPS) is 15.9. The zero-order valence-electron chi connectivity index (χ0n) is 18.9. The Hall–Kier alpha value is -3.65. The minimum atomic E-state index is -0.198. The number of benzene rings is 2. The first-order valence-electron chi connectivity index (χ1n) is 11.3. The third-order valence-corrected chi connectivity index (χ3v) is 7.05. The molecule has 0 aliphatic carbocycles. The third kappa shape index (κ3) is 4.54. The lowest BCUT2D eigenvalue weighted by atomic mass is 9.97. The van der Waals surface area contributed by atoms with Gasteiger partial charge in [-0.2, -0.15) is 0 Å². The van der Waals surface area contributed by atoms with Crippen LogP contribution < -0.4 is 20.5 Å². The lowest BCUT2D eigenvalue weighted by Crippen LogP contribution is -2.43. The minimum Gasteiger partial charge on any atom is -0.497 e. The van der Waals surface area contributed by atoms with Crippen LogP contribution in [0, 0.1) is 5.92 Å². The van der Waals surface area contributed by atoms with Crippen molar-refractivity contribution >= 4 is 39.1 Å². The number of amides is 1. The van der Waals surface area contributed by atoms with Crippen molar-refractivity contribution in [2.45, 2.75) is 19.4 Å². The number of piperidine rings is 1. The number of hydrogen-bond donors (Lipinski definition) is 1. The molecule has 8 heteroatoms. The number of anilines is 2. The van der Waals surface area contributed by atoms with Crippen LogP contribution in [0.3, 0.4) is 0 Å². The average molecular weight is 475 g/mol. The molecule has 0 bridgehead atoms. The van der Waals surface area contributed by atoms with Crippen molar-refractivity contribution in [1.29, 1.82) is 0 Å². The summed E-state index contributed by atoms with van der Waals surface area (Å²) in [6, 6.07) is 19.1. The van der Waals surface area contributed by atoms with Gasteiger partial charge in [-0.25, -0.2) is 4.98 Å². The van der Waals surface area contributed by atoms with Gasteiger partial charge in [0.1, 0.15) is 10.4 Å². The summed E-state index contributed by atoms with van der Waals surface area (Å²) in [5, 5.41) is 4.92. The number of fused-ring (bicyclic) bond motifs is 1. The van der Waals surface area contributed by atoms with Gasteiger partial charge >= 0.3 is 0 Å². The van der Waals surface area contributed by atoms with Crippen LogP contribution in [-0.4, -0.2) is 35.7 Å². The Morgan fingerprint density at radius 3 is 2.71 bits per heavy atom. The molecular weight excluding hydrogens is 448 g/mol. The molecule has 34 heavy (non-hydrogen) atoms. The smallest absolute Gasteiger partial charge is 0.273 e. The van der Waals surface area contributed by atoms with Crippen molar-refractivity contribution in [3.8, 4) is 5.75 Å². The van der Waals surface area contributed by atoms with Crippen molar-refractivity contribution < 1.29 is 9.53 Å². The van der Waals surface area contributed by atoms with Crippen LogP contribution in [0.25, 0.3) is 10.2 Å². The number of nitrogens with one attached hydrogen (secondary N) is 1. The van der Waals surface area contributed by atoms with Crippen molar-refractivity contribution in [3.63, 3.8) is 0 Å². The summed E-state index contributed by atoms with van der Waals surface area (Å²) in [5.74, 6) is 1.15. The van der Waals surface area contributed by atoms with Gasteiger partial charge in [0.15, 0.2) is 0 Å². The Balaban J connectivity index is 1.41. The molecule has 5 rings (SSSR count). The number of aromatic nitrogens is 2. The quantitative estimate of drug-likeness (QED) is 0.449. The summed E-state index contributed by atoms with van der Waals surface area (Å²) >= 11 is 1.42. The van der Waals surface area contributed by atoms with E-state index in [-0.39, 0.29) is 17.4 Å². The predicted octanol–water partition coefficient (Wildman–Crippen LogP) is 4.37. The first-order valence-corrected chi connectivity index (χ1v) is 12.2. The van der Waals surface area contributed by atoms with Crippen LogP contribution in [0.2, 0.25) is 0 Å². The third-order valence-electron chi connectivity index (χ3n) is 6.16. The summed E-state index contributed by atoms with van der Waals surface area (Å²) in [6.45, 7) is 1.71. The number of nitrogens with zero attached hydrogens (tertiary/aromatic N) is 3. The summed E-state index contributed by atoms with van der Waals surface area (Å²) in [4.78, 5) is 33.4. The SMILES string of the molecule is COc1ccc(NC(=O)C2CCCN(c3nc4ccsc4c(=O)n3Cc3ccccc3)C2)cc1. The standard InChI is InChI=1S/C26H26N4O3S/c1-33-21-11-9-20(10-12-21)27-24(31)19-8-5-14-29(17-19)26-28-22-13-15-34-23(22)25(32)30(26)16-18-6-3-2-4-7-18/h2-4,6-7,9-13,15,19H,5,8,14,16-17H2,1H3,(H,27,31). The van der Waals surface area contributed by atoms with Gasteiger partial charge in [-0.3, -0.25) is 14.2 Å². The molecule has 1 amide bonds. The van der Waals surface area contributed by atoms with Gasteiger partial charge in [-0.05, 0) is 54.1 Å². The highest BCUT2D eigenvalue weighted by Crippen LogP contribution is 2.26. The number of carbonyl (C=O) groups excluding carboxylic acids is 1. The van der Waals surface area contributed by atoms with E-state index in [0.29, 0.717) is 29.3 Å². The maximum atomic E-state index is 13.4. The maximum absolute atomic E-state index is 13.4. The van der Waals surface area contributed by atoms with Crippen LogP contribution in [0.4, 0.5) is 11.6 Å². The molecule has 2 aromatic heterocycles. The maximum Gasteiger partial charge on any atom is 0.273 e. The topological polar surface area (TPSA) is 76.5 Å². The fourth-order valence-corrected chi connectivity index (χ4v) is 5.15. The van der Waals surface area contributed by atoms with Gasteiger partial charge in [0, 0.05) is 18.8 Å². The van der Waals surface area contributed by atoms with Crippen LogP contribution in [0.15, 0.2) is 70.8 Å². The van der Waals surface area contributed by atoms with E-state index in [0.717, 1.165) is 36.4 Å². The van der Waals surface area contributed by atoms with E-state index in [1.54, 1.807) is 11.7 Å². The average Bonchev–Trinajstić information content (AvgIpc) is 3.36. The Bertz CT molecular complexity index is 1350. The van der Waals surface area contributed by atoms with E-state index in [9.17, 15) is 9.59 Å². The first kappa shape index (κ1) is 22.2. The molecule has 4 aromatic rings. The second-order valence-corrected chi connectivity index (χ2v) is 9.34. The molecular formula is C26H26N4O3S. The number of ether oxygens (including phenoxy) is 1. The van der Waals surface area contributed by atoms with Gasteiger partial charge in [0.25, 0.3) is 5.56 Å². The van der Waals surface area contributed by atoms with Gasteiger partial charge in [-0.15, -0.1) is 11.3 Å². The van der Waals surface area contributed by atoms with Crippen LogP contribution in [0.1, 0.15) is 18.4 Å². The fraction of sp³-hybridized carbons (Fsp3) is 0.269. The van der Waals surface area contributed by atoms with E-state index in [2.05, 4.69) is 10.2 Å². The highest BCUT2D eigenvalue weighted by molar-refractivity contribution is 7.17. The summed E-state index contributed by atoms with van der Waals surface area (Å²) in [5.41, 5.74) is 2.44. The van der Waals surface area contributed by atoms with Crippen LogP contribution >= 0.6 is 11.3 Å². The lowest BCUT2D eigenvalue weighted by molar-refractivity contribution is -0.120. The van der Waals surface area contributed by atoms with E-state index >= 15 is 0 Å². The number of carbonyl (C=O) groups is 1. The van der Waals surface area contributed by atoms with Gasteiger partial charge in [0.05, 0.1) is 25.1 Å². The monoisotopic (exact) mass is 474 g/mol. The molecule has 0 spiro atoms. The Labute approximate surface area is 201 Å². The molecule has 1 N–H and O–H groups in total. The fourth-order valence-electron chi connectivity index (χ4n) is 4.37. The second-order valence-electron chi connectivity index (χ2n) is 8.43. The zero-order valence-corrected chi connectivity index (χ0v) is 19.8. The second kappa shape index (κ2) is 9.69. The number of hydrogen-bond acceptors (Lipinski definition) is 6. The van der Waals surface area contributed by atoms with Crippen molar-refractivity contribution in [1.82, 2.24) is 9.55 Å². The Morgan fingerprint density at radius 2 is 1.94 bits per heavy atom. The summed E-state index contributed by atoms with van der Waals surface area (Å²) < 4.78 is 7.59. The molecule has 1 aliphatic rings. The van der Waals surface area contributed by atoms with E-state index in [1.165, 1.54) is 11.3 Å². The van der Waals surface area contributed by atoms with Crippen molar-refractivity contribution in [2.75, 3.05) is 30.4 Å². The molecule has 1 atom stereocenters. The van der Waals surface area contributed by atoms with E-state index < -0.39 is 0 Å². The Kier molecular flexibility index (Phi) is 6.31. The molecule has 7 nitrogen and oxygen atoms in total. The molecule has 0 saturated carbocycles.